The van der Waals surface area contributed by atoms with Crippen molar-refractivity contribution in [2.75, 3.05) is 45.9 Å². The van der Waals surface area contributed by atoms with E-state index in [0.717, 1.165) is 28.8 Å². The lowest BCUT2D eigenvalue weighted by Gasteiger charge is -2.26. The van der Waals surface area contributed by atoms with Crippen molar-refractivity contribution in [3.63, 3.8) is 0 Å². The fraction of sp³-hybridized carbons (Fsp3) is 0.367. The highest BCUT2D eigenvalue weighted by molar-refractivity contribution is 9.10. The first-order valence-electron chi connectivity index (χ1n) is 13.3. The molecule has 9 nitrogen and oxygen atoms in total. The number of hydrogen-bond donors (Lipinski definition) is 0. The van der Waals surface area contributed by atoms with Gasteiger partial charge < -0.3 is 23.8 Å². The van der Waals surface area contributed by atoms with E-state index < -0.39 is 12.0 Å². The summed E-state index contributed by atoms with van der Waals surface area (Å²) < 4.78 is 25.1. The highest BCUT2D eigenvalue weighted by atomic mass is 79.9. The molecule has 1 aliphatic rings. The van der Waals surface area contributed by atoms with Crippen LogP contribution in [-0.4, -0.2) is 51.6 Å². The van der Waals surface area contributed by atoms with Crippen LogP contribution in [0.1, 0.15) is 44.9 Å². The zero-order chi connectivity index (χ0) is 29.8. The predicted molar refractivity (Wildman–Crippen MR) is 164 cm³/mol. The maximum Gasteiger partial charge on any atom is 0.338 e. The topological polar surface area (TPSA) is 91.6 Å². The molecule has 2 heterocycles. The Labute approximate surface area is 251 Å². The van der Waals surface area contributed by atoms with E-state index in [0.29, 0.717) is 37.8 Å². The Bertz CT molecular complexity index is 1670. The highest BCUT2D eigenvalue weighted by Crippen LogP contribution is 2.38. The SMILES string of the molecule is CCOC(=O)C1=C(C)N=c2s/c(=C/c3cc(Br)c(N(CC)CC)cc3OC)c(=O)n2[C@H]1c1cc(OC)ccc1OC. The van der Waals surface area contributed by atoms with Crippen LogP contribution in [0.2, 0.25) is 0 Å². The van der Waals surface area contributed by atoms with Crippen molar-refractivity contribution >= 4 is 45.0 Å². The Morgan fingerprint density at radius 3 is 2.39 bits per heavy atom. The van der Waals surface area contributed by atoms with Gasteiger partial charge in [-0.25, -0.2) is 9.79 Å². The standard InChI is InChI=1S/C30H34BrN3O6S/c1-8-33(9-2)22-16-24(39-7)18(13-21(22)31)14-25-28(35)34-27(20-15-19(37-5)11-12-23(20)38-6)26(29(36)40-10-3)17(4)32-30(34)41-25/h11-16,27H,8-10H2,1-7H3/b25-14+/t27-/m0/s1. The lowest BCUT2D eigenvalue weighted by molar-refractivity contribution is -0.139. The van der Waals surface area contributed by atoms with E-state index in [1.54, 1.807) is 59.5 Å². The minimum atomic E-state index is -0.837. The molecule has 0 N–H and O–H groups in total. The van der Waals surface area contributed by atoms with Crippen molar-refractivity contribution in [2.45, 2.75) is 33.7 Å². The lowest BCUT2D eigenvalue weighted by Crippen LogP contribution is -2.40. The van der Waals surface area contributed by atoms with Crippen LogP contribution in [0.25, 0.3) is 6.08 Å². The number of carbonyl (C=O) groups excluding carboxylic acids is 1. The molecular weight excluding hydrogens is 610 g/mol. The zero-order valence-corrected chi connectivity index (χ0v) is 26.6. The summed E-state index contributed by atoms with van der Waals surface area (Å²) in [7, 11) is 4.71. The van der Waals surface area contributed by atoms with Gasteiger partial charge in [-0.15, -0.1) is 0 Å². The van der Waals surface area contributed by atoms with E-state index in [4.69, 9.17) is 18.9 Å². The average molecular weight is 645 g/mol. The molecule has 0 spiro atoms. The molecule has 3 aromatic rings. The second-order valence-electron chi connectivity index (χ2n) is 9.13. The minimum Gasteiger partial charge on any atom is -0.497 e. The molecule has 0 bridgehead atoms. The number of aromatic nitrogens is 1. The van der Waals surface area contributed by atoms with Gasteiger partial charge in [0.2, 0.25) is 0 Å². The molecule has 218 valence electrons. The van der Waals surface area contributed by atoms with Gasteiger partial charge in [0.25, 0.3) is 5.56 Å². The first-order chi connectivity index (χ1) is 19.7. The van der Waals surface area contributed by atoms with Gasteiger partial charge in [0.05, 0.1) is 49.4 Å². The molecule has 2 aromatic carbocycles. The average Bonchev–Trinajstić information content (AvgIpc) is 3.27. The van der Waals surface area contributed by atoms with E-state index in [1.165, 1.54) is 15.9 Å². The predicted octanol–water partition coefficient (Wildman–Crippen LogP) is 4.43. The van der Waals surface area contributed by atoms with Crippen LogP contribution < -0.4 is 34.0 Å². The molecule has 0 amide bonds. The van der Waals surface area contributed by atoms with Crippen molar-refractivity contribution in [2.24, 2.45) is 4.99 Å². The van der Waals surface area contributed by atoms with E-state index >= 15 is 0 Å². The summed E-state index contributed by atoms with van der Waals surface area (Å²) in [4.78, 5) is 34.7. The molecule has 0 unspecified atom stereocenters. The summed E-state index contributed by atoms with van der Waals surface area (Å²) in [5.41, 5.74) is 2.75. The fourth-order valence-electron chi connectivity index (χ4n) is 4.93. The van der Waals surface area contributed by atoms with Crippen LogP contribution in [0.4, 0.5) is 5.69 Å². The van der Waals surface area contributed by atoms with Crippen LogP contribution in [0.5, 0.6) is 17.2 Å². The van der Waals surface area contributed by atoms with E-state index in [-0.39, 0.29) is 17.7 Å². The van der Waals surface area contributed by atoms with Gasteiger partial charge in [0.1, 0.15) is 23.3 Å². The number of nitrogens with zero attached hydrogens (tertiary/aromatic N) is 3. The number of thiazole rings is 1. The molecule has 0 saturated carbocycles. The summed E-state index contributed by atoms with van der Waals surface area (Å²) >= 11 is 4.94. The number of fused-ring (bicyclic) bond motifs is 1. The second-order valence-corrected chi connectivity index (χ2v) is 11.0. The number of methoxy groups -OCH3 is 3. The summed E-state index contributed by atoms with van der Waals surface area (Å²) in [6, 6.07) is 8.36. The van der Waals surface area contributed by atoms with Gasteiger partial charge in [-0.3, -0.25) is 9.36 Å². The van der Waals surface area contributed by atoms with Crippen LogP contribution in [-0.2, 0) is 9.53 Å². The number of hydrogen-bond acceptors (Lipinski definition) is 9. The van der Waals surface area contributed by atoms with Crippen LogP contribution in [0.15, 0.2) is 55.9 Å². The lowest BCUT2D eigenvalue weighted by atomic mass is 9.94. The highest BCUT2D eigenvalue weighted by Gasteiger charge is 2.35. The van der Waals surface area contributed by atoms with Crippen molar-refractivity contribution in [1.82, 2.24) is 4.57 Å². The number of halogens is 1. The Hall–Kier alpha value is -3.57. The van der Waals surface area contributed by atoms with Crippen molar-refractivity contribution in [3.05, 3.63) is 76.9 Å². The van der Waals surface area contributed by atoms with Crippen LogP contribution in [0.3, 0.4) is 0 Å². The van der Waals surface area contributed by atoms with E-state index in [2.05, 4.69) is 39.7 Å². The largest absolute Gasteiger partial charge is 0.497 e. The summed E-state index contributed by atoms with van der Waals surface area (Å²) in [6.07, 6.45) is 1.79. The smallest absolute Gasteiger partial charge is 0.338 e. The van der Waals surface area contributed by atoms with Crippen molar-refractivity contribution in [3.8, 4) is 17.2 Å². The minimum absolute atomic E-state index is 0.181. The molecule has 4 rings (SSSR count). The Morgan fingerprint density at radius 1 is 1.07 bits per heavy atom. The molecular formula is C30H34BrN3O6S. The van der Waals surface area contributed by atoms with Gasteiger partial charge in [-0.05, 0) is 74.0 Å². The monoisotopic (exact) mass is 643 g/mol. The molecule has 1 atom stereocenters. The van der Waals surface area contributed by atoms with E-state index in [1.807, 2.05) is 12.1 Å². The quantitative estimate of drug-likeness (QED) is 0.302. The number of anilines is 1. The first kappa shape index (κ1) is 30.4. The van der Waals surface area contributed by atoms with E-state index in [9.17, 15) is 9.59 Å². The maximum absolute atomic E-state index is 14.1. The van der Waals surface area contributed by atoms with Gasteiger partial charge in [0.15, 0.2) is 4.80 Å². The summed E-state index contributed by atoms with van der Waals surface area (Å²) in [5, 5.41) is 0. The molecule has 0 fully saturated rings. The van der Waals surface area contributed by atoms with Gasteiger partial charge >= 0.3 is 5.97 Å². The number of carbonyl (C=O) groups is 1. The zero-order valence-electron chi connectivity index (χ0n) is 24.2. The molecule has 1 aliphatic heterocycles. The molecule has 0 radical (unpaired) electrons. The fourth-order valence-corrected chi connectivity index (χ4v) is 6.58. The molecule has 0 saturated heterocycles. The number of benzene rings is 2. The third kappa shape index (κ3) is 5.78. The van der Waals surface area contributed by atoms with Crippen LogP contribution >= 0.6 is 27.3 Å². The second kappa shape index (κ2) is 12.9. The molecule has 41 heavy (non-hydrogen) atoms. The van der Waals surface area contributed by atoms with Gasteiger partial charge in [-0.1, -0.05) is 11.3 Å². The first-order valence-corrected chi connectivity index (χ1v) is 14.9. The molecule has 1 aromatic heterocycles. The number of ether oxygens (including phenoxy) is 4. The van der Waals surface area contributed by atoms with Gasteiger partial charge in [-0.2, -0.15) is 0 Å². The number of esters is 1. The summed E-state index contributed by atoms with van der Waals surface area (Å²) in [6.45, 7) is 9.53. The van der Waals surface area contributed by atoms with Crippen molar-refractivity contribution in [1.29, 1.82) is 0 Å². The summed E-state index contributed by atoms with van der Waals surface area (Å²) in [5.74, 6) is 1.15. The maximum atomic E-state index is 14.1. The molecule has 11 heteroatoms. The Morgan fingerprint density at radius 2 is 1.78 bits per heavy atom. The Balaban J connectivity index is 1.99. The third-order valence-corrected chi connectivity index (χ3v) is 8.56. The Kier molecular flexibility index (Phi) is 9.60. The normalized spacial score (nSPS) is 14.8. The third-order valence-electron chi connectivity index (χ3n) is 6.94. The number of allylic oxidation sites excluding steroid dienone is 1. The van der Waals surface area contributed by atoms with Crippen molar-refractivity contribution < 1.29 is 23.7 Å². The molecule has 0 aliphatic carbocycles. The number of rotatable bonds is 10. The van der Waals surface area contributed by atoms with Crippen LogP contribution in [0, 0.1) is 0 Å². The van der Waals surface area contributed by atoms with Gasteiger partial charge in [0, 0.05) is 34.8 Å².